The molecule has 114 valence electrons. The molecule has 0 unspecified atom stereocenters. The highest BCUT2D eigenvalue weighted by atomic mass is 16.5. The monoisotopic (exact) mass is 289 g/mol. The van der Waals surface area contributed by atoms with E-state index < -0.39 is 0 Å². The predicted octanol–water partition coefficient (Wildman–Crippen LogP) is 3.61. The van der Waals surface area contributed by atoms with E-state index in [2.05, 4.69) is 19.2 Å². The molecular weight excluding hydrogens is 266 g/mol. The fraction of sp³-hybridized carbons (Fsp3) is 0.412. The highest BCUT2D eigenvalue weighted by Crippen LogP contribution is 2.21. The number of hydrogen-bond donors (Lipinski definition) is 1. The van der Waals surface area contributed by atoms with Gasteiger partial charge in [-0.25, -0.2) is 0 Å². The Kier molecular flexibility index (Phi) is 5.69. The van der Waals surface area contributed by atoms with E-state index in [9.17, 15) is 0 Å². The Balaban J connectivity index is 1.89. The number of rotatable bonds is 8. The lowest BCUT2D eigenvalue weighted by molar-refractivity contribution is 0.299. The van der Waals surface area contributed by atoms with Crippen LogP contribution >= 0.6 is 0 Å². The molecule has 0 amide bonds. The van der Waals surface area contributed by atoms with Crippen LogP contribution in [0.3, 0.4) is 0 Å². The molecule has 0 aliphatic rings. The first kappa shape index (κ1) is 15.4. The van der Waals surface area contributed by atoms with Gasteiger partial charge in [-0.15, -0.1) is 0 Å². The minimum absolute atomic E-state index is 0.488. The Morgan fingerprint density at radius 1 is 1.19 bits per heavy atom. The zero-order valence-corrected chi connectivity index (χ0v) is 12.9. The van der Waals surface area contributed by atoms with Gasteiger partial charge >= 0.3 is 0 Å². The van der Waals surface area contributed by atoms with Crippen molar-refractivity contribution in [3.05, 3.63) is 47.9 Å². The second kappa shape index (κ2) is 7.74. The van der Waals surface area contributed by atoms with Crippen molar-refractivity contribution >= 4 is 0 Å². The van der Waals surface area contributed by atoms with Crippen molar-refractivity contribution < 1.29 is 13.9 Å². The quantitative estimate of drug-likeness (QED) is 0.806. The summed E-state index contributed by atoms with van der Waals surface area (Å²) in [6, 6.07) is 9.54. The minimum Gasteiger partial charge on any atom is -0.497 e. The standard InChI is InChI=1S/C17H23NO3/c1-13(2)10-18-11-17-14(7-8-20-17)12-21-16-6-4-5-15(9-16)19-3/h4-9,13,18H,10-12H2,1-3H3. The van der Waals surface area contributed by atoms with E-state index >= 15 is 0 Å². The van der Waals surface area contributed by atoms with Gasteiger partial charge in [-0.1, -0.05) is 19.9 Å². The van der Waals surface area contributed by atoms with Gasteiger partial charge in [0.05, 0.1) is 19.9 Å². The molecule has 0 aliphatic heterocycles. The lowest BCUT2D eigenvalue weighted by Gasteiger charge is -2.09. The summed E-state index contributed by atoms with van der Waals surface area (Å²) in [5.74, 6) is 3.13. The highest BCUT2D eigenvalue weighted by molar-refractivity contribution is 5.33. The molecule has 0 saturated carbocycles. The van der Waals surface area contributed by atoms with Crippen molar-refractivity contribution in [1.29, 1.82) is 0 Å². The molecule has 0 atom stereocenters. The Morgan fingerprint density at radius 2 is 2.00 bits per heavy atom. The van der Waals surface area contributed by atoms with Gasteiger partial charge < -0.3 is 19.2 Å². The molecule has 4 nitrogen and oxygen atoms in total. The van der Waals surface area contributed by atoms with Crippen molar-refractivity contribution in [2.75, 3.05) is 13.7 Å². The molecule has 0 radical (unpaired) electrons. The lowest BCUT2D eigenvalue weighted by Crippen LogP contribution is -2.19. The lowest BCUT2D eigenvalue weighted by atomic mass is 10.2. The summed E-state index contributed by atoms with van der Waals surface area (Å²) in [6.07, 6.45) is 1.71. The van der Waals surface area contributed by atoms with Crippen LogP contribution in [0.25, 0.3) is 0 Å². The van der Waals surface area contributed by atoms with Gasteiger partial charge in [0.25, 0.3) is 0 Å². The third-order valence-electron chi connectivity index (χ3n) is 3.11. The van der Waals surface area contributed by atoms with Crippen molar-refractivity contribution in [3.8, 4) is 11.5 Å². The first-order valence-electron chi connectivity index (χ1n) is 7.22. The summed E-state index contributed by atoms with van der Waals surface area (Å²) in [6.45, 7) is 6.55. The van der Waals surface area contributed by atoms with Crippen LogP contribution in [0, 0.1) is 5.92 Å². The van der Waals surface area contributed by atoms with Crippen LogP contribution in [0.5, 0.6) is 11.5 Å². The summed E-state index contributed by atoms with van der Waals surface area (Å²) >= 11 is 0. The summed E-state index contributed by atoms with van der Waals surface area (Å²) in [4.78, 5) is 0. The van der Waals surface area contributed by atoms with E-state index in [-0.39, 0.29) is 0 Å². The van der Waals surface area contributed by atoms with E-state index in [0.29, 0.717) is 12.5 Å². The Bertz CT molecular complexity index is 548. The molecule has 2 rings (SSSR count). The molecule has 0 saturated heterocycles. The van der Waals surface area contributed by atoms with Gasteiger partial charge in [0.2, 0.25) is 0 Å². The number of ether oxygens (including phenoxy) is 2. The molecule has 0 aliphatic carbocycles. The molecule has 0 bridgehead atoms. The molecular formula is C17H23NO3. The zero-order chi connectivity index (χ0) is 15.1. The normalized spacial score (nSPS) is 10.9. The van der Waals surface area contributed by atoms with Crippen LogP contribution in [0.4, 0.5) is 0 Å². The number of methoxy groups -OCH3 is 1. The summed E-state index contributed by atoms with van der Waals surface area (Å²) in [5.41, 5.74) is 1.06. The van der Waals surface area contributed by atoms with Gasteiger partial charge in [-0.3, -0.25) is 0 Å². The van der Waals surface area contributed by atoms with E-state index in [1.54, 1.807) is 13.4 Å². The first-order valence-corrected chi connectivity index (χ1v) is 7.22. The average molecular weight is 289 g/mol. The van der Waals surface area contributed by atoms with E-state index in [1.165, 1.54) is 0 Å². The summed E-state index contributed by atoms with van der Waals surface area (Å²) in [5, 5.41) is 3.37. The van der Waals surface area contributed by atoms with Crippen LogP contribution in [-0.4, -0.2) is 13.7 Å². The molecule has 4 heteroatoms. The van der Waals surface area contributed by atoms with Crippen LogP contribution in [-0.2, 0) is 13.2 Å². The highest BCUT2D eigenvalue weighted by Gasteiger charge is 2.07. The van der Waals surface area contributed by atoms with Gasteiger partial charge in [0.1, 0.15) is 23.9 Å². The number of furan rings is 1. The van der Waals surface area contributed by atoms with E-state index in [1.807, 2.05) is 30.3 Å². The maximum absolute atomic E-state index is 5.79. The first-order chi connectivity index (χ1) is 10.2. The van der Waals surface area contributed by atoms with Gasteiger partial charge in [0, 0.05) is 11.6 Å². The van der Waals surface area contributed by atoms with Crippen LogP contribution in [0.2, 0.25) is 0 Å². The number of hydrogen-bond acceptors (Lipinski definition) is 4. The average Bonchev–Trinajstić information content (AvgIpc) is 2.92. The van der Waals surface area contributed by atoms with Gasteiger partial charge in [0.15, 0.2) is 0 Å². The molecule has 1 heterocycles. The van der Waals surface area contributed by atoms with Crippen molar-refractivity contribution in [2.24, 2.45) is 5.92 Å². The topological polar surface area (TPSA) is 43.6 Å². The molecule has 1 aromatic carbocycles. The summed E-state index contributed by atoms with van der Waals surface area (Å²) < 4.78 is 16.5. The third kappa shape index (κ3) is 4.83. The fourth-order valence-corrected chi connectivity index (χ4v) is 1.98. The molecule has 1 N–H and O–H groups in total. The fourth-order valence-electron chi connectivity index (χ4n) is 1.98. The van der Waals surface area contributed by atoms with Crippen LogP contribution in [0.1, 0.15) is 25.2 Å². The van der Waals surface area contributed by atoms with E-state index in [4.69, 9.17) is 13.9 Å². The maximum Gasteiger partial charge on any atom is 0.124 e. The van der Waals surface area contributed by atoms with Gasteiger partial charge in [-0.05, 0) is 30.7 Å². The Labute approximate surface area is 126 Å². The van der Waals surface area contributed by atoms with Crippen LogP contribution in [0.15, 0.2) is 41.0 Å². The third-order valence-corrected chi connectivity index (χ3v) is 3.11. The smallest absolute Gasteiger partial charge is 0.124 e. The molecule has 2 aromatic rings. The Hall–Kier alpha value is -1.94. The van der Waals surface area contributed by atoms with Crippen molar-refractivity contribution in [2.45, 2.75) is 27.0 Å². The zero-order valence-electron chi connectivity index (χ0n) is 12.9. The molecule has 0 fully saturated rings. The van der Waals surface area contributed by atoms with Crippen LogP contribution < -0.4 is 14.8 Å². The second-order valence-corrected chi connectivity index (χ2v) is 5.36. The minimum atomic E-state index is 0.488. The summed E-state index contributed by atoms with van der Waals surface area (Å²) in [7, 11) is 1.65. The van der Waals surface area contributed by atoms with Gasteiger partial charge in [-0.2, -0.15) is 0 Å². The SMILES string of the molecule is COc1cccc(OCc2ccoc2CNCC(C)C)c1. The predicted molar refractivity (Wildman–Crippen MR) is 82.6 cm³/mol. The van der Waals surface area contributed by atoms with Crippen molar-refractivity contribution in [1.82, 2.24) is 5.32 Å². The molecule has 21 heavy (non-hydrogen) atoms. The van der Waals surface area contributed by atoms with E-state index in [0.717, 1.165) is 35.9 Å². The molecule has 0 spiro atoms. The number of nitrogens with one attached hydrogen (secondary N) is 1. The number of benzene rings is 1. The molecule has 1 aromatic heterocycles. The largest absolute Gasteiger partial charge is 0.497 e. The van der Waals surface area contributed by atoms with Crippen molar-refractivity contribution in [3.63, 3.8) is 0 Å². The maximum atomic E-state index is 5.79. The Morgan fingerprint density at radius 3 is 2.76 bits per heavy atom. The second-order valence-electron chi connectivity index (χ2n) is 5.36.